The number of nitrogens with one attached hydrogen (secondary N) is 5. The Balaban J connectivity index is 0.921. The maximum absolute atomic E-state index is 14.1. The zero-order valence-electron chi connectivity index (χ0n) is 40.9. The minimum absolute atomic E-state index is 0.0206. The molecule has 4 atom stereocenters. The number of hydrogen-bond acceptors (Lipinski definition) is 11. The van der Waals surface area contributed by atoms with Crippen LogP contribution in [-0.2, 0) is 45.2 Å². The van der Waals surface area contributed by atoms with E-state index >= 15 is 0 Å². The topological polar surface area (TPSA) is 209 Å². The quantitative estimate of drug-likeness (QED) is 0.0623. The number of aliphatic imine (C=N–C) groups is 1. The molecular formula is C55H58N8O9. The molecule has 0 fully saturated rings. The van der Waals surface area contributed by atoms with Gasteiger partial charge in [0, 0.05) is 68.3 Å². The van der Waals surface area contributed by atoms with Crippen molar-refractivity contribution in [1.82, 2.24) is 16.0 Å². The molecule has 0 saturated heterocycles. The van der Waals surface area contributed by atoms with Gasteiger partial charge < -0.3 is 45.7 Å². The predicted octanol–water partition coefficient (Wildman–Crippen LogP) is 6.70. The van der Waals surface area contributed by atoms with E-state index in [9.17, 15) is 28.8 Å². The van der Waals surface area contributed by atoms with E-state index in [4.69, 9.17) is 19.2 Å². The normalized spacial score (nSPS) is 16.7. The highest BCUT2D eigenvalue weighted by Gasteiger charge is 2.39. The minimum Gasteiger partial charge on any atom is -0.493 e. The lowest BCUT2D eigenvalue weighted by atomic mass is 10.1. The molecule has 0 radical (unpaired) electrons. The van der Waals surface area contributed by atoms with Crippen molar-refractivity contribution in [2.75, 3.05) is 41.1 Å². The Kier molecular flexibility index (Phi) is 14.2. The highest BCUT2D eigenvalue weighted by Crippen LogP contribution is 2.42. The third-order valence-electron chi connectivity index (χ3n) is 13.5. The van der Waals surface area contributed by atoms with Crippen molar-refractivity contribution in [2.24, 2.45) is 4.99 Å². The summed E-state index contributed by atoms with van der Waals surface area (Å²) in [5, 5.41) is 14.3. The van der Waals surface area contributed by atoms with E-state index < -0.39 is 23.9 Å². The summed E-state index contributed by atoms with van der Waals surface area (Å²) >= 11 is 0. The fraction of sp³-hybridized carbons (Fsp3) is 0.327. The number of carbonyl (C=O) groups excluding carboxylic acids is 6. The summed E-state index contributed by atoms with van der Waals surface area (Å²) in [7, 11) is 3.07. The molecule has 9 rings (SSSR count). The Morgan fingerprint density at radius 1 is 0.722 bits per heavy atom. The van der Waals surface area contributed by atoms with E-state index in [1.165, 1.54) is 14.0 Å². The molecule has 4 aliphatic rings. The molecule has 5 aromatic carbocycles. The van der Waals surface area contributed by atoms with Crippen LogP contribution in [0.1, 0.15) is 88.1 Å². The molecule has 0 saturated carbocycles. The van der Waals surface area contributed by atoms with Gasteiger partial charge in [0.25, 0.3) is 11.8 Å². The van der Waals surface area contributed by atoms with Crippen molar-refractivity contribution >= 4 is 70.1 Å². The number of rotatable bonds is 17. The summed E-state index contributed by atoms with van der Waals surface area (Å²) in [6.07, 6.45) is 4.70. The largest absolute Gasteiger partial charge is 0.493 e. The van der Waals surface area contributed by atoms with Crippen LogP contribution in [-0.4, -0.2) is 86.5 Å². The average Bonchev–Trinajstić information content (AvgIpc) is 3.87. The van der Waals surface area contributed by atoms with E-state index in [0.717, 1.165) is 34.5 Å². The Hall–Kier alpha value is -8.21. The van der Waals surface area contributed by atoms with Gasteiger partial charge in [0.2, 0.25) is 23.6 Å². The van der Waals surface area contributed by atoms with Crippen LogP contribution in [0.3, 0.4) is 0 Å². The first-order valence-electron chi connectivity index (χ1n) is 24.3. The van der Waals surface area contributed by atoms with Crippen LogP contribution in [0.4, 0.5) is 28.4 Å². The lowest BCUT2D eigenvalue weighted by Gasteiger charge is -2.22. The summed E-state index contributed by atoms with van der Waals surface area (Å²) in [4.78, 5) is 87.4. The van der Waals surface area contributed by atoms with Crippen LogP contribution in [0.2, 0.25) is 0 Å². The molecule has 5 aromatic rings. The highest BCUT2D eigenvalue weighted by molar-refractivity contribution is 6.15. The molecule has 0 unspecified atom stereocenters. The molecule has 0 aromatic heterocycles. The van der Waals surface area contributed by atoms with Crippen molar-refractivity contribution < 1.29 is 43.0 Å². The Bertz CT molecular complexity index is 3010. The van der Waals surface area contributed by atoms with Crippen LogP contribution in [0.5, 0.6) is 17.2 Å². The van der Waals surface area contributed by atoms with Crippen LogP contribution in [0, 0.1) is 6.92 Å². The second-order valence-electron chi connectivity index (χ2n) is 18.6. The molecule has 17 heteroatoms. The number of para-hydroxylation sites is 2. The van der Waals surface area contributed by atoms with E-state index in [2.05, 4.69) is 32.7 Å². The van der Waals surface area contributed by atoms with Gasteiger partial charge in [-0.3, -0.25) is 38.7 Å². The van der Waals surface area contributed by atoms with E-state index in [1.807, 2.05) is 66.6 Å². The van der Waals surface area contributed by atoms with Gasteiger partial charge in [-0.2, -0.15) is 0 Å². The van der Waals surface area contributed by atoms with Gasteiger partial charge in [0.15, 0.2) is 11.5 Å². The molecule has 17 nitrogen and oxygen atoms in total. The van der Waals surface area contributed by atoms with Crippen LogP contribution in [0.15, 0.2) is 96.0 Å². The molecule has 4 aliphatic heterocycles. The number of amides is 6. The Morgan fingerprint density at radius 2 is 1.36 bits per heavy atom. The standard InChI is InChI=1S/C55H58N8O9/c1-31-18-41-43(57-27-39-22-36-12-6-8-14-45(36)62(39)54(41)68)25-47(31)71-29-34-19-35(21-38(20-34)61-53(67)33(3)60-52(66)32(2)59-51(65)17-11-10-16-50(64)56-4)30-72-49-26-44-42(24-48(49)70-5)55(69)63-40(28-58-44)23-37-13-7-9-15-46(37)63/h6-9,12-15,18-21,24-27,32-33,39-40,58H,10-11,16-17,22-23,28-30H2,1-5H3,(H,56,64)(H,59,65)(H,60,66)(H,61,67)/t32-,33-,39-,40-/m0/s1. The van der Waals surface area contributed by atoms with Gasteiger partial charge >= 0.3 is 0 Å². The third-order valence-corrected chi connectivity index (χ3v) is 13.5. The second kappa shape index (κ2) is 21.0. The zero-order valence-corrected chi connectivity index (χ0v) is 40.9. The molecule has 5 N–H and O–H groups in total. The first kappa shape index (κ1) is 48.8. The third kappa shape index (κ3) is 10.3. The van der Waals surface area contributed by atoms with Gasteiger partial charge in [-0.05, 0) is 110 Å². The first-order chi connectivity index (χ1) is 34.8. The Labute approximate surface area is 417 Å². The molecule has 372 valence electrons. The van der Waals surface area contributed by atoms with Crippen molar-refractivity contribution in [1.29, 1.82) is 0 Å². The Morgan fingerprint density at radius 3 is 2.07 bits per heavy atom. The highest BCUT2D eigenvalue weighted by atomic mass is 16.5. The monoisotopic (exact) mass is 974 g/mol. The summed E-state index contributed by atoms with van der Waals surface area (Å²) in [5.41, 5.74) is 8.53. The number of unbranched alkanes of at least 4 members (excludes halogenated alkanes) is 1. The summed E-state index contributed by atoms with van der Waals surface area (Å²) in [6.45, 7) is 5.57. The van der Waals surface area contributed by atoms with Crippen molar-refractivity contribution in [3.63, 3.8) is 0 Å². The smallest absolute Gasteiger partial charge is 0.261 e. The summed E-state index contributed by atoms with van der Waals surface area (Å²) in [5.74, 6) is -0.483. The fourth-order valence-electron chi connectivity index (χ4n) is 9.67. The van der Waals surface area contributed by atoms with Gasteiger partial charge in [0.1, 0.15) is 31.0 Å². The van der Waals surface area contributed by atoms with E-state index in [0.29, 0.717) is 88.8 Å². The molecule has 6 amide bonds. The number of ether oxygens (including phenoxy) is 3. The predicted molar refractivity (Wildman–Crippen MR) is 274 cm³/mol. The lowest BCUT2D eigenvalue weighted by molar-refractivity contribution is -0.130. The van der Waals surface area contributed by atoms with Gasteiger partial charge in [0.05, 0.1) is 41.7 Å². The number of anilines is 4. The molecule has 0 aliphatic carbocycles. The number of hydrogen-bond donors (Lipinski definition) is 5. The van der Waals surface area contributed by atoms with Crippen molar-refractivity contribution in [3.05, 3.63) is 130 Å². The molecule has 72 heavy (non-hydrogen) atoms. The minimum atomic E-state index is -0.998. The SMILES string of the molecule is CNC(=O)CCCCC(=O)N[C@@H](C)C(=O)N[C@@H](C)C(=O)Nc1cc(COc2cc3c(cc2C)C(=O)N2c4ccccc4C[C@H]2C=N3)cc(COc2cc3c(cc2OC)C(=O)N2c4ccccc4C[C@H]2CN3)c1. The summed E-state index contributed by atoms with van der Waals surface area (Å²) in [6, 6.07) is 26.1. The van der Waals surface area contributed by atoms with Crippen molar-refractivity contribution in [3.8, 4) is 17.2 Å². The van der Waals surface area contributed by atoms with Crippen LogP contribution < -0.4 is 50.6 Å². The van der Waals surface area contributed by atoms with E-state index in [-0.39, 0.29) is 55.3 Å². The van der Waals surface area contributed by atoms with Crippen LogP contribution in [0.25, 0.3) is 0 Å². The van der Waals surface area contributed by atoms with E-state index in [1.54, 1.807) is 55.3 Å². The first-order valence-corrected chi connectivity index (χ1v) is 24.3. The molecule has 0 bridgehead atoms. The molecule has 0 spiro atoms. The van der Waals surface area contributed by atoms with Gasteiger partial charge in [-0.15, -0.1) is 0 Å². The molecular weight excluding hydrogens is 917 g/mol. The number of methoxy groups -OCH3 is 1. The molecule has 4 heterocycles. The number of benzene rings is 5. The average molecular weight is 975 g/mol. The number of carbonyl (C=O) groups is 6. The number of nitrogens with zero attached hydrogens (tertiary/aromatic N) is 3. The zero-order chi connectivity index (χ0) is 50.6. The summed E-state index contributed by atoms with van der Waals surface area (Å²) < 4.78 is 18.7. The van der Waals surface area contributed by atoms with Crippen LogP contribution >= 0.6 is 0 Å². The number of fused-ring (bicyclic) bond motifs is 8. The number of aryl methyl sites for hydroxylation is 1. The van der Waals surface area contributed by atoms with Crippen molar-refractivity contribution in [2.45, 2.75) is 96.7 Å². The van der Waals surface area contributed by atoms with Gasteiger partial charge in [-0.1, -0.05) is 36.4 Å². The van der Waals surface area contributed by atoms with Gasteiger partial charge in [-0.25, -0.2) is 0 Å². The lowest BCUT2D eigenvalue weighted by Crippen LogP contribution is -2.50. The second-order valence-corrected chi connectivity index (χ2v) is 18.6. The maximum Gasteiger partial charge on any atom is 0.261 e. The fourth-order valence-corrected chi connectivity index (χ4v) is 9.67. The maximum atomic E-state index is 14.1.